The molecule has 0 aliphatic rings. The van der Waals surface area contributed by atoms with Crippen molar-refractivity contribution >= 4 is 21.6 Å². The SMILES string of the molecule is Cc1ccc(Br)cc1NC(C)CCCC(F)(F)F. The maximum absolute atomic E-state index is 12.0. The number of rotatable bonds is 5. The molecule has 0 spiro atoms. The molecular weight excluding hydrogens is 307 g/mol. The molecule has 1 rings (SSSR count). The van der Waals surface area contributed by atoms with Crippen LogP contribution in [-0.4, -0.2) is 12.2 Å². The van der Waals surface area contributed by atoms with E-state index in [9.17, 15) is 13.2 Å². The van der Waals surface area contributed by atoms with E-state index in [4.69, 9.17) is 0 Å². The third-order valence-electron chi connectivity index (χ3n) is 2.70. The maximum atomic E-state index is 12.0. The summed E-state index contributed by atoms with van der Waals surface area (Å²) in [6, 6.07) is 5.87. The fourth-order valence-electron chi connectivity index (χ4n) is 1.70. The third-order valence-corrected chi connectivity index (χ3v) is 3.19. The summed E-state index contributed by atoms with van der Waals surface area (Å²) in [5.41, 5.74) is 2.05. The molecule has 0 amide bonds. The van der Waals surface area contributed by atoms with E-state index < -0.39 is 12.6 Å². The summed E-state index contributed by atoms with van der Waals surface area (Å²) < 4.78 is 37.0. The number of aryl methyl sites for hydroxylation is 1. The predicted octanol–water partition coefficient (Wildman–Crippen LogP) is 5.29. The molecule has 1 aromatic rings. The molecule has 0 fully saturated rings. The summed E-state index contributed by atoms with van der Waals surface area (Å²) in [6.45, 7) is 3.87. The molecule has 18 heavy (non-hydrogen) atoms. The summed E-state index contributed by atoms with van der Waals surface area (Å²) in [5.74, 6) is 0. The first-order chi connectivity index (χ1) is 8.28. The highest BCUT2D eigenvalue weighted by Crippen LogP contribution is 2.25. The Morgan fingerprint density at radius 1 is 1.33 bits per heavy atom. The topological polar surface area (TPSA) is 12.0 Å². The van der Waals surface area contributed by atoms with E-state index in [0.717, 1.165) is 15.7 Å². The van der Waals surface area contributed by atoms with Crippen molar-refractivity contribution in [1.82, 2.24) is 0 Å². The van der Waals surface area contributed by atoms with Gasteiger partial charge in [0.1, 0.15) is 0 Å². The van der Waals surface area contributed by atoms with Crippen molar-refractivity contribution < 1.29 is 13.2 Å². The lowest BCUT2D eigenvalue weighted by molar-refractivity contribution is -0.135. The molecule has 1 nitrogen and oxygen atoms in total. The fraction of sp³-hybridized carbons (Fsp3) is 0.538. The Hall–Kier alpha value is -0.710. The number of alkyl halides is 3. The quantitative estimate of drug-likeness (QED) is 0.776. The standard InChI is InChI=1S/C13H17BrF3N/c1-9-5-6-11(14)8-12(9)18-10(2)4-3-7-13(15,16)17/h5-6,8,10,18H,3-4,7H2,1-2H3. The highest BCUT2D eigenvalue weighted by Gasteiger charge is 2.26. The Morgan fingerprint density at radius 2 is 2.00 bits per heavy atom. The van der Waals surface area contributed by atoms with Gasteiger partial charge in [-0.2, -0.15) is 13.2 Å². The minimum Gasteiger partial charge on any atom is -0.382 e. The number of halogens is 4. The fourth-order valence-corrected chi connectivity index (χ4v) is 2.06. The van der Waals surface area contributed by atoms with E-state index in [2.05, 4.69) is 21.2 Å². The van der Waals surface area contributed by atoms with Gasteiger partial charge < -0.3 is 5.32 Å². The molecule has 1 atom stereocenters. The van der Waals surface area contributed by atoms with Crippen LogP contribution in [0.1, 0.15) is 31.7 Å². The second-order valence-corrected chi connectivity index (χ2v) is 5.43. The molecule has 1 unspecified atom stereocenters. The molecule has 0 saturated heterocycles. The van der Waals surface area contributed by atoms with Gasteiger partial charge in [0.05, 0.1) is 0 Å². The van der Waals surface area contributed by atoms with Crippen molar-refractivity contribution in [2.45, 2.75) is 45.3 Å². The van der Waals surface area contributed by atoms with Crippen molar-refractivity contribution in [3.05, 3.63) is 28.2 Å². The Balaban J connectivity index is 2.44. The van der Waals surface area contributed by atoms with E-state index in [1.165, 1.54) is 0 Å². The van der Waals surface area contributed by atoms with Gasteiger partial charge in [-0.1, -0.05) is 22.0 Å². The van der Waals surface area contributed by atoms with Crippen LogP contribution in [-0.2, 0) is 0 Å². The second-order valence-electron chi connectivity index (χ2n) is 4.51. The normalized spacial score (nSPS) is 13.4. The van der Waals surface area contributed by atoms with Crippen LogP contribution in [0.25, 0.3) is 0 Å². The summed E-state index contributed by atoms with van der Waals surface area (Å²) in [6.07, 6.45) is -4.10. The Kier molecular flexibility index (Phi) is 5.50. The number of hydrogen-bond acceptors (Lipinski definition) is 1. The van der Waals surface area contributed by atoms with Gasteiger partial charge in [-0.25, -0.2) is 0 Å². The molecule has 0 heterocycles. The van der Waals surface area contributed by atoms with Crippen LogP contribution in [0.4, 0.5) is 18.9 Å². The van der Waals surface area contributed by atoms with E-state index in [1.807, 2.05) is 32.0 Å². The minimum atomic E-state index is -4.05. The maximum Gasteiger partial charge on any atom is 0.389 e. The van der Waals surface area contributed by atoms with Crippen LogP contribution >= 0.6 is 15.9 Å². The van der Waals surface area contributed by atoms with Crippen molar-refractivity contribution in [3.8, 4) is 0 Å². The molecule has 0 aliphatic heterocycles. The van der Waals surface area contributed by atoms with Crippen molar-refractivity contribution in [2.75, 3.05) is 5.32 Å². The zero-order valence-corrected chi connectivity index (χ0v) is 12.0. The predicted molar refractivity (Wildman–Crippen MR) is 71.9 cm³/mol. The second kappa shape index (κ2) is 6.45. The zero-order chi connectivity index (χ0) is 13.8. The van der Waals surface area contributed by atoms with E-state index in [-0.39, 0.29) is 12.5 Å². The average molecular weight is 324 g/mol. The summed E-state index contributed by atoms with van der Waals surface area (Å²) in [4.78, 5) is 0. The summed E-state index contributed by atoms with van der Waals surface area (Å²) in [7, 11) is 0. The first kappa shape index (κ1) is 15.3. The van der Waals surface area contributed by atoms with Gasteiger partial charge in [0, 0.05) is 22.6 Å². The highest BCUT2D eigenvalue weighted by atomic mass is 79.9. The molecule has 1 N–H and O–H groups in total. The zero-order valence-electron chi connectivity index (χ0n) is 10.4. The monoisotopic (exact) mass is 323 g/mol. The highest BCUT2D eigenvalue weighted by molar-refractivity contribution is 9.10. The van der Waals surface area contributed by atoms with Crippen molar-refractivity contribution in [3.63, 3.8) is 0 Å². The molecule has 5 heteroatoms. The minimum absolute atomic E-state index is 0.0281. The van der Waals surface area contributed by atoms with Crippen LogP contribution in [0.5, 0.6) is 0 Å². The molecule has 0 radical (unpaired) electrons. The van der Waals surface area contributed by atoms with Gasteiger partial charge in [0.15, 0.2) is 0 Å². The summed E-state index contributed by atoms with van der Waals surface area (Å²) in [5, 5.41) is 3.24. The summed E-state index contributed by atoms with van der Waals surface area (Å²) >= 11 is 3.38. The number of benzene rings is 1. The van der Waals surface area contributed by atoms with Gasteiger partial charge in [0.2, 0.25) is 0 Å². The van der Waals surface area contributed by atoms with Gasteiger partial charge in [0.25, 0.3) is 0 Å². The number of anilines is 1. The van der Waals surface area contributed by atoms with Gasteiger partial charge in [-0.15, -0.1) is 0 Å². The van der Waals surface area contributed by atoms with Crippen molar-refractivity contribution in [1.29, 1.82) is 0 Å². The molecule has 0 saturated carbocycles. The molecule has 102 valence electrons. The van der Waals surface area contributed by atoms with Gasteiger partial charge in [-0.3, -0.25) is 0 Å². The molecular formula is C13H17BrF3N. The smallest absolute Gasteiger partial charge is 0.382 e. The lowest BCUT2D eigenvalue weighted by atomic mass is 10.1. The molecule has 0 bridgehead atoms. The first-order valence-corrected chi connectivity index (χ1v) is 6.66. The van der Waals surface area contributed by atoms with Gasteiger partial charge >= 0.3 is 6.18 Å². The Morgan fingerprint density at radius 3 is 2.61 bits per heavy atom. The Labute approximate surface area is 114 Å². The van der Waals surface area contributed by atoms with Crippen LogP contribution in [0.3, 0.4) is 0 Å². The lowest BCUT2D eigenvalue weighted by Gasteiger charge is -2.17. The molecule has 1 aromatic carbocycles. The van der Waals surface area contributed by atoms with Gasteiger partial charge in [-0.05, 0) is 44.4 Å². The third kappa shape index (κ3) is 5.76. The van der Waals surface area contributed by atoms with Crippen LogP contribution in [0.15, 0.2) is 22.7 Å². The average Bonchev–Trinajstić information content (AvgIpc) is 2.21. The molecule has 0 aromatic heterocycles. The number of hydrogen-bond donors (Lipinski definition) is 1. The number of nitrogens with one attached hydrogen (secondary N) is 1. The van der Waals surface area contributed by atoms with E-state index in [1.54, 1.807) is 0 Å². The molecule has 0 aliphatic carbocycles. The van der Waals surface area contributed by atoms with Crippen LogP contribution in [0.2, 0.25) is 0 Å². The Bertz CT molecular complexity index is 390. The van der Waals surface area contributed by atoms with E-state index in [0.29, 0.717) is 6.42 Å². The van der Waals surface area contributed by atoms with Crippen LogP contribution in [0, 0.1) is 6.92 Å². The van der Waals surface area contributed by atoms with E-state index >= 15 is 0 Å². The van der Waals surface area contributed by atoms with Crippen LogP contribution < -0.4 is 5.32 Å². The first-order valence-electron chi connectivity index (χ1n) is 5.87. The largest absolute Gasteiger partial charge is 0.389 e. The lowest BCUT2D eigenvalue weighted by Crippen LogP contribution is -2.17. The van der Waals surface area contributed by atoms with Crippen molar-refractivity contribution in [2.24, 2.45) is 0 Å².